The van der Waals surface area contributed by atoms with Crippen LogP contribution in [0.25, 0.3) is 50.3 Å². The van der Waals surface area contributed by atoms with Gasteiger partial charge < -0.3 is 24.0 Å². The van der Waals surface area contributed by atoms with E-state index in [2.05, 4.69) is 55.0 Å². The van der Waals surface area contributed by atoms with E-state index >= 15 is 0 Å². The van der Waals surface area contributed by atoms with Crippen molar-refractivity contribution in [3.63, 3.8) is 0 Å². The molecule has 0 unspecified atom stereocenters. The van der Waals surface area contributed by atoms with Gasteiger partial charge in [0.15, 0.2) is 0 Å². The Bertz CT molecular complexity index is 2290. The van der Waals surface area contributed by atoms with E-state index in [1.165, 1.54) is 0 Å². The number of hydrogen-bond acceptors (Lipinski definition) is 6. The third-order valence-corrected chi connectivity index (χ3v) is 8.10. The standard InChI is InChI=1S/C42H29N5O2.Pd.Pt/c1-42(2,3)30-26-45-41(46-27-30)47-39-24-33(48-31-12-8-10-28(22-31)37-14-4-6-20-43-37)16-18-35(39)36-19-17-34(25-40(36)47)49-32-13-9-11-29(23-32)38-15-5-7-21-44-38;;/h4-21,26-27H,1-3H3;;/q-4;2*+2. The van der Waals surface area contributed by atoms with Crippen LogP contribution in [0.2, 0.25) is 0 Å². The summed E-state index contributed by atoms with van der Waals surface area (Å²) in [6.07, 6.45) is 7.27. The number of aromatic nitrogens is 5. The summed E-state index contributed by atoms with van der Waals surface area (Å²) in [6, 6.07) is 44.5. The first-order valence-corrected chi connectivity index (χ1v) is 15.9. The Kier molecular flexibility index (Phi) is 10.6. The molecule has 0 aliphatic heterocycles. The molecule has 0 aliphatic carbocycles. The van der Waals surface area contributed by atoms with Crippen molar-refractivity contribution in [2.24, 2.45) is 0 Å². The van der Waals surface area contributed by atoms with Crippen molar-refractivity contribution in [1.29, 1.82) is 0 Å². The second-order valence-electron chi connectivity index (χ2n) is 12.5. The van der Waals surface area contributed by atoms with Crippen molar-refractivity contribution >= 4 is 21.8 Å². The molecule has 0 bridgehead atoms. The van der Waals surface area contributed by atoms with Gasteiger partial charge in [-0.2, -0.15) is 22.9 Å². The van der Waals surface area contributed by atoms with Gasteiger partial charge in [0.05, 0.1) is 0 Å². The van der Waals surface area contributed by atoms with Crippen LogP contribution in [0.5, 0.6) is 23.0 Å². The van der Waals surface area contributed by atoms with Crippen LogP contribution >= 0.6 is 0 Å². The minimum atomic E-state index is -0.0970. The second kappa shape index (κ2) is 15.1. The van der Waals surface area contributed by atoms with E-state index in [-0.39, 0.29) is 46.9 Å². The molecule has 0 spiro atoms. The summed E-state index contributed by atoms with van der Waals surface area (Å²) in [6.45, 7) is 6.42. The van der Waals surface area contributed by atoms with Gasteiger partial charge in [-0.25, -0.2) is 9.97 Å². The summed E-state index contributed by atoms with van der Waals surface area (Å²) in [5.41, 5.74) is 5.74. The summed E-state index contributed by atoms with van der Waals surface area (Å²) in [5.74, 6) is 2.64. The van der Waals surface area contributed by atoms with Crippen LogP contribution in [0.3, 0.4) is 0 Å². The fourth-order valence-corrected chi connectivity index (χ4v) is 5.56. The predicted molar refractivity (Wildman–Crippen MR) is 190 cm³/mol. The molecule has 0 atom stereocenters. The minimum absolute atomic E-state index is 0. The zero-order chi connectivity index (χ0) is 33.4. The zero-order valence-electron chi connectivity index (χ0n) is 27.7. The number of hydrogen-bond donors (Lipinski definition) is 0. The molecule has 0 N–H and O–H groups in total. The van der Waals surface area contributed by atoms with Crippen LogP contribution in [0.15, 0.2) is 122 Å². The maximum atomic E-state index is 6.31. The van der Waals surface area contributed by atoms with E-state index in [1.54, 1.807) is 12.4 Å². The molecule has 0 saturated carbocycles. The third kappa shape index (κ3) is 7.55. The van der Waals surface area contributed by atoms with Crippen molar-refractivity contribution in [3.05, 3.63) is 152 Å². The largest absolute Gasteiger partial charge is 2.00 e. The third-order valence-electron chi connectivity index (χ3n) is 8.10. The molecular weight excluding hydrogens is 908 g/mol. The quantitative estimate of drug-likeness (QED) is 0.117. The van der Waals surface area contributed by atoms with Gasteiger partial charge in [0.25, 0.3) is 0 Å². The zero-order valence-corrected chi connectivity index (χ0v) is 31.6. The molecule has 254 valence electrons. The van der Waals surface area contributed by atoms with E-state index in [0.29, 0.717) is 28.9 Å². The maximum absolute atomic E-state index is 6.31. The molecule has 51 heavy (non-hydrogen) atoms. The Morgan fingerprint density at radius 3 is 1.43 bits per heavy atom. The van der Waals surface area contributed by atoms with Gasteiger partial charge in [0, 0.05) is 47.8 Å². The van der Waals surface area contributed by atoms with E-state index in [9.17, 15) is 0 Å². The predicted octanol–water partition coefficient (Wildman–Crippen LogP) is 9.78. The molecule has 9 heteroatoms. The van der Waals surface area contributed by atoms with Gasteiger partial charge >= 0.3 is 41.5 Å². The van der Waals surface area contributed by atoms with Crippen LogP contribution in [0.4, 0.5) is 0 Å². The van der Waals surface area contributed by atoms with Crippen LogP contribution in [0.1, 0.15) is 26.3 Å². The van der Waals surface area contributed by atoms with Gasteiger partial charge in [-0.15, -0.1) is 71.8 Å². The Labute approximate surface area is 324 Å². The molecule has 4 aromatic heterocycles. The fourth-order valence-electron chi connectivity index (χ4n) is 5.56. The maximum Gasteiger partial charge on any atom is 2.00 e. The molecule has 0 fully saturated rings. The van der Waals surface area contributed by atoms with E-state index in [4.69, 9.17) is 19.4 Å². The molecule has 0 radical (unpaired) electrons. The van der Waals surface area contributed by atoms with Crippen LogP contribution in [0, 0.1) is 24.3 Å². The minimum Gasteiger partial charge on any atom is -0.503 e. The van der Waals surface area contributed by atoms with Crippen molar-refractivity contribution in [2.75, 3.05) is 0 Å². The van der Waals surface area contributed by atoms with Crippen LogP contribution < -0.4 is 9.47 Å². The number of ether oxygens (including phenoxy) is 2. The van der Waals surface area contributed by atoms with E-state index < -0.39 is 0 Å². The van der Waals surface area contributed by atoms with Crippen molar-refractivity contribution in [3.8, 4) is 51.5 Å². The van der Waals surface area contributed by atoms with Gasteiger partial charge in [-0.3, -0.25) is 0 Å². The number of pyridine rings is 2. The molecular formula is C42H29N5O2PdPt. The van der Waals surface area contributed by atoms with E-state index in [1.807, 2.05) is 114 Å². The molecule has 4 heterocycles. The molecule has 8 aromatic rings. The first-order valence-electron chi connectivity index (χ1n) is 15.9. The number of rotatable bonds is 7. The average Bonchev–Trinajstić information content (AvgIpc) is 3.45. The number of fused-ring (bicyclic) bond motifs is 3. The average molecular weight is 937 g/mol. The van der Waals surface area contributed by atoms with Crippen LogP contribution in [-0.2, 0) is 46.9 Å². The summed E-state index contributed by atoms with van der Waals surface area (Å²) in [7, 11) is 0. The molecule has 0 amide bonds. The molecule has 4 aromatic carbocycles. The van der Waals surface area contributed by atoms with Crippen molar-refractivity contribution in [2.45, 2.75) is 26.2 Å². The number of benzene rings is 4. The first kappa shape index (κ1) is 35.8. The molecule has 8 rings (SSSR count). The Hall–Kier alpha value is -4.99. The van der Waals surface area contributed by atoms with Crippen LogP contribution in [-0.4, -0.2) is 24.5 Å². The molecule has 0 aliphatic rings. The normalized spacial score (nSPS) is 11.1. The summed E-state index contributed by atoms with van der Waals surface area (Å²) in [4.78, 5) is 18.5. The van der Waals surface area contributed by atoms with Gasteiger partial charge in [0.1, 0.15) is 0 Å². The van der Waals surface area contributed by atoms with Gasteiger partial charge in [0.2, 0.25) is 5.95 Å². The Morgan fingerprint density at radius 1 is 0.529 bits per heavy atom. The topological polar surface area (TPSA) is 75.0 Å². The Morgan fingerprint density at radius 2 is 1.00 bits per heavy atom. The van der Waals surface area contributed by atoms with Gasteiger partial charge in [-0.05, 0) is 34.5 Å². The fraction of sp³-hybridized carbons (Fsp3) is 0.0952. The first-order chi connectivity index (χ1) is 23.9. The smallest absolute Gasteiger partial charge is 0.503 e. The summed E-state index contributed by atoms with van der Waals surface area (Å²) < 4.78 is 14.6. The second-order valence-corrected chi connectivity index (χ2v) is 12.5. The van der Waals surface area contributed by atoms with Gasteiger partial charge in [-0.1, -0.05) is 68.2 Å². The SMILES string of the molecule is CC(C)(C)c1cnc(-n2c3[c-]c(Oc4[c-]c(-c5ccccn5)ccc4)ccc3c3ccc(Oc4[c-]c(-c5ccccn5)ccc4)[c-]c32)nc1.[Pd+2].[Pt+2]. The summed E-state index contributed by atoms with van der Waals surface area (Å²) in [5, 5.41) is 1.90. The molecule has 7 nitrogen and oxygen atoms in total. The Balaban J connectivity index is 0.00000224. The monoisotopic (exact) mass is 936 g/mol. The summed E-state index contributed by atoms with van der Waals surface area (Å²) >= 11 is 0. The molecule has 0 saturated heterocycles. The van der Waals surface area contributed by atoms with Crippen molar-refractivity contribution < 1.29 is 51.0 Å². The number of nitrogens with zero attached hydrogens (tertiary/aromatic N) is 5. The van der Waals surface area contributed by atoms with Crippen molar-refractivity contribution in [1.82, 2.24) is 24.5 Å². The van der Waals surface area contributed by atoms with E-state index in [0.717, 1.165) is 49.9 Å².